The van der Waals surface area contributed by atoms with Gasteiger partial charge in [0.25, 0.3) is 0 Å². The number of pyridine rings is 1. The molecule has 7 N–H and O–H groups in total. The van der Waals surface area contributed by atoms with E-state index in [0.29, 0.717) is 13.1 Å². The van der Waals surface area contributed by atoms with Crippen LogP contribution in [0, 0.1) is 6.92 Å². The van der Waals surface area contributed by atoms with E-state index in [1.165, 1.54) is 21.9 Å². The van der Waals surface area contributed by atoms with Crippen molar-refractivity contribution >= 4 is 38.4 Å². The molecule has 0 amide bonds. The molecule has 0 aliphatic carbocycles. The van der Waals surface area contributed by atoms with E-state index in [4.69, 9.17) is 20.9 Å². The second-order valence-corrected chi connectivity index (χ2v) is 12.7. The summed E-state index contributed by atoms with van der Waals surface area (Å²) >= 11 is 0. The van der Waals surface area contributed by atoms with Crippen LogP contribution in [-0.2, 0) is 12.8 Å². The molecule has 0 radical (unpaired) electrons. The van der Waals surface area contributed by atoms with Gasteiger partial charge in [-0.05, 0) is 72.9 Å². The molecule has 240 valence electrons. The van der Waals surface area contributed by atoms with Crippen molar-refractivity contribution in [1.29, 1.82) is 0 Å². The largest absolute Gasteiger partial charge is 0.472 e. The summed E-state index contributed by atoms with van der Waals surface area (Å²) in [6.07, 6.45) is 10.9. The molecule has 0 saturated heterocycles. The zero-order valence-electron chi connectivity index (χ0n) is 26.8. The van der Waals surface area contributed by atoms with Gasteiger partial charge in [-0.1, -0.05) is 42.5 Å². The van der Waals surface area contributed by atoms with Crippen LogP contribution in [0.15, 0.2) is 114 Å². The highest BCUT2D eigenvalue weighted by Crippen LogP contribution is 2.36. The van der Waals surface area contributed by atoms with Crippen LogP contribution >= 0.6 is 0 Å². The van der Waals surface area contributed by atoms with Crippen LogP contribution in [0.5, 0.6) is 0 Å². The van der Waals surface area contributed by atoms with E-state index < -0.39 is 0 Å². The maximum atomic E-state index is 6.96. The van der Waals surface area contributed by atoms with E-state index in [2.05, 4.69) is 92.1 Å². The molecular weight excluding hydrogens is 596 g/mol. The van der Waals surface area contributed by atoms with Crippen molar-refractivity contribution in [3.8, 4) is 22.4 Å². The molecule has 8 rings (SSSR count). The SMILES string of the molecule is Cc1[nH]nc2ccc(-c3cc(N(C[C@@H](N)Cc4c[nH]c5ccccc45)C[C@@H](N)Cc4c[nH]c5ccccc45)cnc3-c3ccoc3)cc12. The lowest BCUT2D eigenvalue weighted by Gasteiger charge is -2.31. The maximum Gasteiger partial charge on any atom is 0.0996 e. The summed E-state index contributed by atoms with van der Waals surface area (Å²) in [7, 11) is 0. The molecule has 0 unspecified atom stereocenters. The average Bonchev–Trinajstić information content (AvgIpc) is 3.93. The third kappa shape index (κ3) is 5.74. The van der Waals surface area contributed by atoms with Crippen LogP contribution in [0.2, 0.25) is 0 Å². The molecule has 0 aliphatic rings. The van der Waals surface area contributed by atoms with E-state index in [1.54, 1.807) is 12.5 Å². The molecule has 0 fully saturated rings. The van der Waals surface area contributed by atoms with Gasteiger partial charge in [-0.25, -0.2) is 0 Å². The molecule has 3 aromatic carbocycles. The number of anilines is 1. The Bertz CT molecular complexity index is 2250. The molecule has 9 heteroatoms. The highest BCUT2D eigenvalue weighted by atomic mass is 16.3. The van der Waals surface area contributed by atoms with Crippen LogP contribution in [0.4, 0.5) is 5.69 Å². The normalized spacial score (nSPS) is 13.1. The third-order valence-corrected chi connectivity index (χ3v) is 9.31. The molecular formula is C39H38N8O. The van der Waals surface area contributed by atoms with Gasteiger partial charge >= 0.3 is 0 Å². The molecule has 48 heavy (non-hydrogen) atoms. The van der Waals surface area contributed by atoms with Gasteiger partial charge in [-0.2, -0.15) is 5.10 Å². The van der Waals surface area contributed by atoms with E-state index in [9.17, 15) is 0 Å². The quantitative estimate of drug-likeness (QED) is 0.103. The van der Waals surface area contributed by atoms with E-state index >= 15 is 0 Å². The first-order valence-electron chi connectivity index (χ1n) is 16.3. The van der Waals surface area contributed by atoms with E-state index in [0.717, 1.165) is 68.5 Å². The first-order chi connectivity index (χ1) is 23.5. The fourth-order valence-electron chi connectivity index (χ4n) is 6.93. The molecule has 0 saturated carbocycles. The number of fused-ring (bicyclic) bond motifs is 3. The molecule has 0 aliphatic heterocycles. The topological polar surface area (TPSA) is 142 Å². The van der Waals surface area contributed by atoms with E-state index in [1.807, 2.05) is 37.4 Å². The predicted octanol–water partition coefficient (Wildman–Crippen LogP) is 7.10. The number of para-hydroxylation sites is 2. The number of nitrogens with two attached hydrogens (primary N) is 2. The standard InChI is InChI=1S/C39H38N8O/c1-24-34-16-25(10-11-38(34)46-45-24)35-17-31(20-44-39(35)26-12-13-48-23-26)47(21-29(40)14-27-18-42-36-8-4-2-6-32(27)36)22-30(41)15-28-19-43-37-9-5-3-7-33(28)37/h2-13,16-20,23,29-30,42-43H,14-15,21-22,40-41H2,1H3,(H,45,46)/t29-,30-/m0/s1. The maximum absolute atomic E-state index is 6.96. The smallest absolute Gasteiger partial charge is 0.0996 e. The number of hydrogen-bond acceptors (Lipinski definition) is 6. The Morgan fingerprint density at radius 3 is 2.08 bits per heavy atom. The number of H-pyrrole nitrogens is 3. The van der Waals surface area contributed by atoms with Crippen molar-refractivity contribution in [2.24, 2.45) is 11.5 Å². The molecule has 5 heterocycles. The summed E-state index contributed by atoms with van der Waals surface area (Å²) in [6, 6.07) is 26.9. The van der Waals surface area contributed by atoms with Crippen molar-refractivity contribution in [2.75, 3.05) is 18.0 Å². The Morgan fingerprint density at radius 2 is 1.44 bits per heavy atom. The second kappa shape index (κ2) is 12.5. The predicted molar refractivity (Wildman–Crippen MR) is 194 cm³/mol. The minimum atomic E-state index is -0.147. The Morgan fingerprint density at radius 1 is 0.771 bits per heavy atom. The van der Waals surface area contributed by atoms with Crippen molar-refractivity contribution in [1.82, 2.24) is 25.1 Å². The fraction of sp³-hybridized carbons (Fsp3) is 0.179. The summed E-state index contributed by atoms with van der Waals surface area (Å²) in [5, 5.41) is 11.0. The van der Waals surface area contributed by atoms with Crippen molar-refractivity contribution in [3.63, 3.8) is 0 Å². The summed E-state index contributed by atoms with van der Waals surface area (Å²) in [5.41, 5.74) is 25.3. The zero-order valence-corrected chi connectivity index (χ0v) is 26.8. The number of furan rings is 1. The number of rotatable bonds is 11. The van der Waals surface area contributed by atoms with Gasteiger partial charge < -0.3 is 30.8 Å². The summed E-state index contributed by atoms with van der Waals surface area (Å²) in [4.78, 5) is 14.1. The van der Waals surface area contributed by atoms with Gasteiger partial charge in [0.15, 0.2) is 0 Å². The summed E-state index contributed by atoms with van der Waals surface area (Å²) < 4.78 is 5.48. The number of benzene rings is 3. The zero-order chi connectivity index (χ0) is 32.6. The first kappa shape index (κ1) is 29.7. The van der Waals surface area contributed by atoms with Gasteiger partial charge in [-0.15, -0.1) is 0 Å². The molecule has 0 bridgehead atoms. The summed E-state index contributed by atoms with van der Waals surface area (Å²) in [6.45, 7) is 3.25. The number of nitrogens with one attached hydrogen (secondary N) is 3. The van der Waals surface area contributed by atoms with Crippen LogP contribution in [0.3, 0.4) is 0 Å². The van der Waals surface area contributed by atoms with Crippen LogP contribution in [-0.4, -0.2) is 50.3 Å². The molecule has 9 nitrogen and oxygen atoms in total. The van der Waals surface area contributed by atoms with Gasteiger partial charge in [0.1, 0.15) is 0 Å². The lowest BCUT2D eigenvalue weighted by atomic mass is 9.98. The lowest BCUT2D eigenvalue weighted by molar-refractivity contribution is 0.568. The third-order valence-electron chi connectivity index (χ3n) is 9.31. The number of aromatic nitrogens is 5. The number of hydrogen-bond donors (Lipinski definition) is 5. The van der Waals surface area contributed by atoms with E-state index in [-0.39, 0.29) is 12.1 Å². The van der Waals surface area contributed by atoms with Crippen LogP contribution in [0.25, 0.3) is 55.1 Å². The molecule has 2 atom stereocenters. The average molecular weight is 635 g/mol. The summed E-state index contributed by atoms with van der Waals surface area (Å²) in [5.74, 6) is 0. The Balaban J connectivity index is 1.15. The minimum absolute atomic E-state index is 0.147. The molecule has 0 spiro atoms. The fourth-order valence-corrected chi connectivity index (χ4v) is 6.93. The van der Waals surface area contributed by atoms with Crippen LogP contribution in [0.1, 0.15) is 16.8 Å². The monoisotopic (exact) mass is 634 g/mol. The number of nitrogens with zero attached hydrogens (tertiary/aromatic N) is 3. The highest BCUT2D eigenvalue weighted by molar-refractivity contribution is 5.91. The molecule has 8 aromatic rings. The van der Waals surface area contributed by atoms with Gasteiger partial charge in [0.05, 0.1) is 35.6 Å². The second-order valence-electron chi connectivity index (χ2n) is 12.7. The van der Waals surface area contributed by atoms with Crippen LogP contribution < -0.4 is 16.4 Å². The van der Waals surface area contributed by atoms with Crippen molar-refractivity contribution in [2.45, 2.75) is 31.8 Å². The highest BCUT2D eigenvalue weighted by Gasteiger charge is 2.21. The first-order valence-corrected chi connectivity index (χ1v) is 16.3. The Kier molecular flexibility index (Phi) is 7.76. The minimum Gasteiger partial charge on any atom is -0.472 e. The van der Waals surface area contributed by atoms with Gasteiger partial charge in [-0.3, -0.25) is 10.1 Å². The number of aromatic amines is 3. The van der Waals surface area contributed by atoms with Crippen molar-refractivity contribution < 1.29 is 4.42 Å². The lowest BCUT2D eigenvalue weighted by Crippen LogP contribution is -2.45. The number of aryl methyl sites for hydroxylation is 1. The van der Waals surface area contributed by atoms with Crippen molar-refractivity contribution in [3.05, 3.63) is 127 Å². The van der Waals surface area contributed by atoms with Gasteiger partial charge in [0, 0.05) is 81.6 Å². The Hall–Kier alpha value is -5.64. The van der Waals surface area contributed by atoms with Gasteiger partial charge in [0.2, 0.25) is 0 Å². The molecule has 5 aromatic heterocycles. The Labute approximate surface area is 278 Å².